The number of hydrogen-bond acceptors (Lipinski definition) is 7. The van der Waals surface area contributed by atoms with Crippen molar-refractivity contribution in [1.29, 1.82) is 5.26 Å². The van der Waals surface area contributed by atoms with Gasteiger partial charge in [-0.05, 0) is 26.0 Å². The maximum absolute atomic E-state index is 13.0. The van der Waals surface area contributed by atoms with Gasteiger partial charge < -0.3 is 18.6 Å². The Bertz CT molecular complexity index is 841. The van der Waals surface area contributed by atoms with E-state index >= 15 is 0 Å². The van der Waals surface area contributed by atoms with E-state index in [4.69, 9.17) is 13.5 Å². The van der Waals surface area contributed by atoms with Gasteiger partial charge in [-0.2, -0.15) is 5.26 Å². The van der Waals surface area contributed by atoms with Crippen LogP contribution in [0.1, 0.15) is 19.4 Å². The molecule has 0 atom stereocenters. The molecule has 1 aromatic carbocycles. The van der Waals surface area contributed by atoms with E-state index in [1.54, 1.807) is 19.9 Å². The van der Waals surface area contributed by atoms with Crippen molar-refractivity contribution in [1.82, 2.24) is 0 Å². The first-order valence-electron chi connectivity index (χ1n) is 6.56. The topological polar surface area (TPSA) is 110 Å². The molecule has 0 amide bonds. The number of benzene rings is 1. The molecule has 22 heavy (non-hydrogen) atoms. The molecule has 8 heteroatoms. The molecule has 0 radical (unpaired) electrons. The minimum atomic E-state index is -3.88. The number of nitriles is 1. The third kappa shape index (κ3) is 2.77. The quantitative estimate of drug-likeness (QED) is 0.663. The Labute approximate surface area is 126 Å². The minimum absolute atomic E-state index is 0.00127. The molecule has 2 rings (SSSR count). The van der Waals surface area contributed by atoms with E-state index in [9.17, 15) is 19.7 Å². The Kier molecular flexibility index (Phi) is 4.67. The van der Waals surface area contributed by atoms with Gasteiger partial charge in [0.15, 0.2) is 5.56 Å². The largest absolute Gasteiger partial charge is 0.508 e. The van der Waals surface area contributed by atoms with Gasteiger partial charge in [0.2, 0.25) is 0 Å². The van der Waals surface area contributed by atoms with E-state index in [1.807, 2.05) is 0 Å². The Hall–Kier alpha value is -2.13. The molecule has 0 fully saturated rings. The third-order valence-electron chi connectivity index (χ3n) is 2.85. The highest BCUT2D eigenvalue weighted by Gasteiger charge is 2.34. The molecule has 0 aliphatic heterocycles. The number of fused-ring (bicyclic) bond motifs is 1. The van der Waals surface area contributed by atoms with Crippen LogP contribution in [-0.4, -0.2) is 18.3 Å². The van der Waals surface area contributed by atoms with Crippen molar-refractivity contribution in [3.8, 4) is 11.8 Å². The van der Waals surface area contributed by atoms with Gasteiger partial charge in [-0.1, -0.05) is 0 Å². The van der Waals surface area contributed by atoms with E-state index in [0.29, 0.717) is 0 Å². The molecule has 0 saturated carbocycles. The Balaban J connectivity index is 2.93. The second-order valence-electron chi connectivity index (χ2n) is 4.24. The molecule has 116 valence electrons. The third-order valence-corrected chi connectivity index (χ3v) is 5.06. The summed E-state index contributed by atoms with van der Waals surface area (Å²) in [7, 11) is -3.88. The number of phenolic OH excluding ortho intramolecular Hbond substituents is 1. The van der Waals surface area contributed by atoms with Crippen molar-refractivity contribution in [2.24, 2.45) is 0 Å². The van der Waals surface area contributed by atoms with Crippen molar-refractivity contribution < 1.29 is 23.1 Å². The van der Waals surface area contributed by atoms with E-state index in [1.165, 1.54) is 18.2 Å². The fourth-order valence-electron chi connectivity index (χ4n) is 2.06. The number of phenols is 1. The molecule has 2 aromatic rings. The molecule has 1 heterocycles. The lowest BCUT2D eigenvalue weighted by Crippen LogP contribution is -2.23. The van der Waals surface area contributed by atoms with Crippen LogP contribution in [0.25, 0.3) is 11.0 Å². The smallest absolute Gasteiger partial charge is 0.363 e. The molecule has 0 aliphatic carbocycles. The number of hydrogen-bond donors (Lipinski definition) is 1. The monoisotopic (exact) mass is 323 g/mol. The van der Waals surface area contributed by atoms with Gasteiger partial charge >= 0.3 is 13.2 Å². The highest BCUT2D eigenvalue weighted by Crippen LogP contribution is 2.49. The standard InChI is InChI=1S/C14H14NO6P/c1-3-19-22(18,20-4-2)13-10-6-5-9(16)7-12(10)21-14(17)11(13)8-15/h5-7,16H,3-4H2,1-2H3. The van der Waals surface area contributed by atoms with Crippen molar-refractivity contribution in [2.45, 2.75) is 13.8 Å². The lowest BCUT2D eigenvalue weighted by atomic mass is 10.2. The molecule has 0 saturated heterocycles. The zero-order chi connectivity index (χ0) is 16.3. The number of nitrogens with zero attached hydrogens (tertiary/aromatic N) is 1. The summed E-state index contributed by atoms with van der Waals surface area (Å²) in [6.07, 6.45) is 0. The zero-order valence-corrected chi connectivity index (χ0v) is 12.9. The van der Waals surface area contributed by atoms with E-state index in [2.05, 4.69) is 0 Å². The first kappa shape index (κ1) is 16.2. The van der Waals surface area contributed by atoms with Gasteiger partial charge in [-0.15, -0.1) is 0 Å². The van der Waals surface area contributed by atoms with Crippen molar-refractivity contribution in [3.05, 3.63) is 34.2 Å². The van der Waals surface area contributed by atoms with Crippen LogP contribution in [0.2, 0.25) is 0 Å². The van der Waals surface area contributed by atoms with Gasteiger partial charge in [0, 0.05) is 11.5 Å². The van der Waals surface area contributed by atoms with Gasteiger partial charge in [0.25, 0.3) is 0 Å². The fraction of sp³-hybridized carbons (Fsp3) is 0.286. The lowest BCUT2D eigenvalue weighted by Gasteiger charge is -2.19. The fourth-order valence-corrected chi connectivity index (χ4v) is 3.97. The van der Waals surface area contributed by atoms with Crippen LogP contribution in [0.5, 0.6) is 5.75 Å². The first-order valence-corrected chi connectivity index (χ1v) is 8.10. The number of rotatable bonds is 5. The Morgan fingerprint density at radius 3 is 2.50 bits per heavy atom. The van der Waals surface area contributed by atoms with Gasteiger partial charge in [-0.25, -0.2) is 4.79 Å². The van der Waals surface area contributed by atoms with Crippen LogP contribution >= 0.6 is 7.60 Å². The summed E-state index contributed by atoms with van der Waals surface area (Å²) in [5.41, 5.74) is -1.39. The highest BCUT2D eigenvalue weighted by atomic mass is 31.2. The Morgan fingerprint density at radius 1 is 1.32 bits per heavy atom. The normalized spacial score (nSPS) is 11.5. The van der Waals surface area contributed by atoms with Crippen molar-refractivity contribution >= 4 is 23.9 Å². The van der Waals surface area contributed by atoms with Crippen molar-refractivity contribution in [3.63, 3.8) is 0 Å². The van der Waals surface area contributed by atoms with E-state index in [-0.39, 0.29) is 35.2 Å². The summed E-state index contributed by atoms with van der Waals surface area (Å²) in [5.74, 6) is -0.131. The molecule has 7 nitrogen and oxygen atoms in total. The lowest BCUT2D eigenvalue weighted by molar-refractivity contribution is 0.230. The SMILES string of the molecule is CCOP(=O)(OCC)c1c(C#N)c(=O)oc2cc(O)ccc12. The summed E-state index contributed by atoms with van der Waals surface area (Å²) >= 11 is 0. The van der Waals surface area contributed by atoms with E-state index < -0.39 is 18.8 Å². The maximum atomic E-state index is 13.0. The second kappa shape index (κ2) is 6.32. The van der Waals surface area contributed by atoms with Crippen LogP contribution in [0, 0.1) is 11.3 Å². The average molecular weight is 323 g/mol. The first-order chi connectivity index (χ1) is 10.5. The van der Waals surface area contributed by atoms with Gasteiger partial charge in [-0.3, -0.25) is 4.57 Å². The van der Waals surface area contributed by atoms with Gasteiger partial charge in [0.05, 0.1) is 13.2 Å². The summed E-state index contributed by atoms with van der Waals surface area (Å²) < 4.78 is 28.5. The predicted molar refractivity (Wildman–Crippen MR) is 79.4 cm³/mol. The highest BCUT2D eigenvalue weighted by molar-refractivity contribution is 7.62. The molecular formula is C14H14NO6P. The summed E-state index contributed by atoms with van der Waals surface area (Å²) in [6.45, 7) is 3.39. The van der Waals surface area contributed by atoms with Crippen LogP contribution in [0.4, 0.5) is 0 Å². The van der Waals surface area contributed by atoms with Crippen LogP contribution in [0.3, 0.4) is 0 Å². The van der Waals surface area contributed by atoms with Crippen LogP contribution in [0.15, 0.2) is 27.4 Å². The molecule has 1 N–H and O–H groups in total. The summed E-state index contributed by atoms with van der Waals surface area (Å²) in [6, 6.07) is 5.62. The van der Waals surface area contributed by atoms with Crippen LogP contribution in [-0.2, 0) is 13.6 Å². The molecule has 0 spiro atoms. The molecule has 0 unspecified atom stereocenters. The van der Waals surface area contributed by atoms with Gasteiger partial charge in [0.1, 0.15) is 22.7 Å². The summed E-state index contributed by atoms with van der Waals surface area (Å²) in [5, 5.41) is 18.8. The van der Waals surface area contributed by atoms with Crippen molar-refractivity contribution in [2.75, 3.05) is 13.2 Å². The maximum Gasteiger partial charge on any atom is 0.363 e. The summed E-state index contributed by atoms with van der Waals surface area (Å²) in [4.78, 5) is 11.9. The number of aromatic hydroxyl groups is 1. The van der Waals surface area contributed by atoms with E-state index in [0.717, 1.165) is 0 Å². The molecule has 1 aromatic heterocycles. The molecule has 0 aliphatic rings. The average Bonchev–Trinajstić information content (AvgIpc) is 2.46. The second-order valence-corrected chi connectivity index (χ2v) is 6.20. The Morgan fingerprint density at radius 2 is 1.95 bits per heavy atom. The minimum Gasteiger partial charge on any atom is -0.508 e. The van der Waals surface area contributed by atoms with Crippen LogP contribution < -0.4 is 10.9 Å². The zero-order valence-electron chi connectivity index (χ0n) is 12.0. The predicted octanol–water partition coefficient (Wildman–Crippen LogP) is 2.26. The molecular weight excluding hydrogens is 309 g/mol. The molecule has 0 bridgehead atoms.